The molecule has 0 atom stereocenters. The molecule has 142 valence electrons. The van der Waals surface area contributed by atoms with E-state index in [0.717, 1.165) is 28.1 Å². The van der Waals surface area contributed by atoms with Crippen LogP contribution in [0, 0.1) is 0 Å². The molecule has 1 aromatic carbocycles. The normalized spacial score (nSPS) is 11.6. The highest BCUT2D eigenvalue weighted by atomic mass is 16.5. The molecule has 3 aromatic rings. The molecular formula is C21H26N4O2. The number of fused-ring (bicyclic) bond motifs is 1. The number of hydrogen-bond acceptors (Lipinski definition) is 5. The Labute approximate surface area is 159 Å². The van der Waals surface area contributed by atoms with Gasteiger partial charge in [0.15, 0.2) is 5.69 Å². The van der Waals surface area contributed by atoms with E-state index >= 15 is 0 Å². The standard InChI is InChI=1S/C21H26N4O2/c1-7-27-20(26)17-13-18(21(2,3)4)23-25(17)15-9-10-16-14(12-15)8-11-19(22-16)24(5)6/h8-13H,7H2,1-6H3. The number of carbonyl (C=O) groups excluding carboxylic acids is 1. The molecule has 2 aromatic heterocycles. The fourth-order valence-corrected chi connectivity index (χ4v) is 2.78. The van der Waals surface area contributed by atoms with Gasteiger partial charge in [-0.1, -0.05) is 20.8 Å². The SMILES string of the molecule is CCOC(=O)c1cc(C(C)(C)C)nn1-c1ccc2nc(N(C)C)ccc2c1. The summed E-state index contributed by atoms with van der Waals surface area (Å²) in [6.45, 7) is 8.34. The lowest BCUT2D eigenvalue weighted by molar-refractivity contribution is 0.0515. The van der Waals surface area contributed by atoms with Gasteiger partial charge < -0.3 is 9.64 Å². The summed E-state index contributed by atoms with van der Waals surface area (Å²) in [4.78, 5) is 19.1. The summed E-state index contributed by atoms with van der Waals surface area (Å²) in [6.07, 6.45) is 0. The summed E-state index contributed by atoms with van der Waals surface area (Å²) in [5, 5.41) is 5.68. The maximum atomic E-state index is 12.5. The van der Waals surface area contributed by atoms with Crippen LogP contribution in [0.15, 0.2) is 36.4 Å². The number of benzene rings is 1. The lowest BCUT2D eigenvalue weighted by Crippen LogP contribution is -2.13. The molecule has 0 spiro atoms. The summed E-state index contributed by atoms with van der Waals surface area (Å²) in [7, 11) is 3.93. The zero-order valence-corrected chi connectivity index (χ0v) is 16.8. The van der Waals surface area contributed by atoms with Gasteiger partial charge >= 0.3 is 5.97 Å². The van der Waals surface area contributed by atoms with E-state index in [1.54, 1.807) is 11.6 Å². The molecule has 2 heterocycles. The molecule has 0 N–H and O–H groups in total. The Morgan fingerprint density at radius 3 is 2.52 bits per heavy atom. The Balaban J connectivity index is 2.12. The minimum Gasteiger partial charge on any atom is -0.461 e. The molecular weight excluding hydrogens is 340 g/mol. The summed E-state index contributed by atoms with van der Waals surface area (Å²) in [6, 6.07) is 11.7. The van der Waals surface area contributed by atoms with Crippen LogP contribution in [-0.2, 0) is 10.2 Å². The molecule has 3 rings (SSSR count). The molecule has 6 heteroatoms. The second-order valence-corrected chi connectivity index (χ2v) is 7.74. The Bertz CT molecular complexity index is 984. The van der Waals surface area contributed by atoms with E-state index < -0.39 is 0 Å². The predicted molar refractivity (Wildman–Crippen MR) is 108 cm³/mol. The van der Waals surface area contributed by atoms with Crippen LogP contribution in [0.1, 0.15) is 43.9 Å². The van der Waals surface area contributed by atoms with Gasteiger partial charge in [-0.25, -0.2) is 14.5 Å². The van der Waals surface area contributed by atoms with Crippen molar-refractivity contribution >= 4 is 22.7 Å². The highest BCUT2D eigenvalue weighted by molar-refractivity contribution is 5.89. The van der Waals surface area contributed by atoms with Crippen molar-refractivity contribution in [3.8, 4) is 5.69 Å². The Morgan fingerprint density at radius 1 is 1.15 bits per heavy atom. The van der Waals surface area contributed by atoms with Crippen molar-refractivity contribution in [3.05, 3.63) is 47.8 Å². The number of anilines is 1. The van der Waals surface area contributed by atoms with Gasteiger partial charge in [0.25, 0.3) is 0 Å². The van der Waals surface area contributed by atoms with E-state index in [2.05, 4.69) is 25.8 Å². The molecule has 0 amide bonds. The second kappa shape index (κ2) is 7.02. The maximum absolute atomic E-state index is 12.5. The van der Waals surface area contributed by atoms with Crippen molar-refractivity contribution in [2.45, 2.75) is 33.1 Å². The molecule has 0 fully saturated rings. The zero-order valence-electron chi connectivity index (χ0n) is 16.8. The van der Waals surface area contributed by atoms with Crippen LogP contribution in [0.25, 0.3) is 16.6 Å². The molecule has 6 nitrogen and oxygen atoms in total. The first-order valence-corrected chi connectivity index (χ1v) is 9.07. The Morgan fingerprint density at radius 2 is 1.89 bits per heavy atom. The van der Waals surface area contributed by atoms with E-state index in [0.29, 0.717) is 12.3 Å². The predicted octanol–water partition coefficient (Wildman–Crippen LogP) is 3.96. The molecule has 0 bridgehead atoms. The highest BCUT2D eigenvalue weighted by Crippen LogP contribution is 2.26. The first kappa shape index (κ1) is 18.9. The number of esters is 1. The molecule has 0 aliphatic carbocycles. The number of carbonyl (C=O) groups is 1. The van der Waals surface area contributed by atoms with Gasteiger partial charge in [-0.15, -0.1) is 0 Å². The van der Waals surface area contributed by atoms with E-state index in [9.17, 15) is 4.79 Å². The van der Waals surface area contributed by atoms with Crippen LogP contribution >= 0.6 is 0 Å². The number of rotatable bonds is 4. The average molecular weight is 366 g/mol. The first-order valence-electron chi connectivity index (χ1n) is 9.07. The third-order valence-electron chi connectivity index (χ3n) is 4.32. The Kier molecular flexibility index (Phi) is 4.91. The summed E-state index contributed by atoms with van der Waals surface area (Å²) >= 11 is 0. The molecule has 0 aliphatic heterocycles. The van der Waals surface area contributed by atoms with Gasteiger partial charge in [0.2, 0.25) is 0 Å². The number of pyridine rings is 1. The summed E-state index contributed by atoms with van der Waals surface area (Å²) in [5.41, 5.74) is 2.79. The number of nitrogens with zero attached hydrogens (tertiary/aromatic N) is 4. The van der Waals surface area contributed by atoms with Crippen molar-refractivity contribution in [1.82, 2.24) is 14.8 Å². The van der Waals surface area contributed by atoms with Crippen LogP contribution in [-0.4, -0.2) is 41.4 Å². The molecule has 0 saturated carbocycles. The van der Waals surface area contributed by atoms with Crippen LogP contribution in [0.2, 0.25) is 0 Å². The number of ether oxygens (including phenoxy) is 1. The largest absolute Gasteiger partial charge is 0.461 e. The third-order valence-corrected chi connectivity index (χ3v) is 4.32. The van der Waals surface area contributed by atoms with Gasteiger partial charge in [-0.05, 0) is 43.3 Å². The van der Waals surface area contributed by atoms with E-state index in [1.165, 1.54) is 0 Å². The van der Waals surface area contributed by atoms with Gasteiger partial charge in [-0.2, -0.15) is 5.10 Å². The summed E-state index contributed by atoms with van der Waals surface area (Å²) < 4.78 is 6.89. The molecule has 0 saturated heterocycles. The van der Waals surface area contributed by atoms with Crippen LogP contribution in [0.4, 0.5) is 5.82 Å². The van der Waals surface area contributed by atoms with E-state index in [-0.39, 0.29) is 11.4 Å². The van der Waals surface area contributed by atoms with Gasteiger partial charge in [0.05, 0.1) is 23.5 Å². The smallest absolute Gasteiger partial charge is 0.357 e. The lowest BCUT2D eigenvalue weighted by Gasteiger charge is -2.14. The summed E-state index contributed by atoms with van der Waals surface area (Å²) in [5.74, 6) is 0.526. The van der Waals surface area contributed by atoms with Crippen molar-refractivity contribution in [3.63, 3.8) is 0 Å². The van der Waals surface area contributed by atoms with E-state index in [1.807, 2.05) is 55.4 Å². The van der Waals surface area contributed by atoms with Gasteiger partial charge in [0.1, 0.15) is 5.82 Å². The van der Waals surface area contributed by atoms with Crippen LogP contribution in [0.5, 0.6) is 0 Å². The number of aromatic nitrogens is 3. The first-order chi connectivity index (χ1) is 12.7. The lowest BCUT2D eigenvalue weighted by atomic mass is 9.92. The maximum Gasteiger partial charge on any atom is 0.357 e. The van der Waals surface area contributed by atoms with Gasteiger partial charge in [-0.3, -0.25) is 0 Å². The topological polar surface area (TPSA) is 60.2 Å². The van der Waals surface area contributed by atoms with Crippen molar-refractivity contribution in [2.75, 3.05) is 25.6 Å². The molecule has 27 heavy (non-hydrogen) atoms. The zero-order chi connectivity index (χ0) is 19.8. The third kappa shape index (κ3) is 3.79. The van der Waals surface area contributed by atoms with E-state index in [4.69, 9.17) is 9.84 Å². The van der Waals surface area contributed by atoms with Crippen LogP contribution in [0.3, 0.4) is 0 Å². The van der Waals surface area contributed by atoms with Crippen molar-refractivity contribution in [2.24, 2.45) is 0 Å². The van der Waals surface area contributed by atoms with Crippen molar-refractivity contribution in [1.29, 1.82) is 0 Å². The fourth-order valence-electron chi connectivity index (χ4n) is 2.78. The Hall–Kier alpha value is -2.89. The number of hydrogen-bond donors (Lipinski definition) is 0. The van der Waals surface area contributed by atoms with Gasteiger partial charge in [0, 0.05) is 24.9 Å². The van der Waals surface area contributed by atoms with Crippen LogP contribution < -0.4 is 4.90 Å². The molecule has 0 unspecified atom stereocenters. The molecule has 0 radical (unpaired) electrons. The monoisotopic (exact) mass is 366 g/mol. The highest BCUT2D eigenvalue weighted by Gasteiger charge is 2.24. The average Bonchev–Trinajstić information content (AvgIpc) is 3.07. The minimum atomic E-state index is -0.373. The van der Waals surface area contributed by atoms with Crippen molar-refractivity contribution < 1.29 is 9.53 Å². The fraction of sp³-hybridized carbons (Fsp3) is 0.381. The molecule has 0 aliphatic rings. The second-order valence-electron chi connectivity index (χ2n) is 7.74. The minimum absolute atomic E-state index is 0.175. The quantitative estimate of drug-likeness (QED) is 0.654.